The van der Waals surface area contributed by atoms with Gasteiger partial charge in [0.05, 0.1) is 5.92 Å². The van der Waals surface area contributed by atoms with Crippen molar-refractivity contribution >= 4 is 34.4 Å². The molecule has 21 heavy (non-hydrogen) atoms. The smallest absolute Gasteiger partial charge is 0.308 e. The number of amides is 1. The molecule has 0 aliphatic carbocycles. The summed E-state index contributed by atoms with van der Waals surface area (Å²) < 4.78 is 0. The van der Waals surface area contributed by atoms with Crippen molar-refractivity contribution < 1.29 is 14.7 Å². The van der Waals surface area contributed by atoms with Crippen molar-refractivity contribution in [2.75, 3.05) is 13.1 Å². The van der Waals surface area contributed by atoms with Crippen LogP contribution in [0.2, 0.25) is 5.02 Å². The van der Waals surface area contributed by atoms with Gasteiger partial charge < -0.3 is 15.0 Å². The number of aromatic nitrogens is 1. The molecule has 0 bridgehead atoms. The Bertz CT molecular complexity index is 710. The van der Waals surface area contributed by atoms with Crippen molar-refractivity contribution in [3.05, 3.63) is 35.0 Å². The molecule has 1 aliphatic heterocycles. The summed E-state index contributed by atoms with van der Waals surface area (Å²) in [5.74, 6) is -1.47. The van der Waals surface area contributed by atoms with E-state index in [1.165, 1.54) is 0 Å². The highest BCUT2D eigenvalue weighted by molar-refractivity contribution is 6.31. The minimum atomic E-state index is -0.837. The number of nitrogens with one attached hydrogen (secondary N) is 1. The highest BCUT2D eigenvalue weighted by Crippen LogP contribution is 2.23. The van der Waals surface area contributed by atoms with Gasteiger partial charge in [0.25, 0.3) is 5.91 Å². The van der Waals surface area contributed by atoms with E-state index < -0.39 is 11.9 Å². The lowest BCUT2D eigenvalue weighted by molar-refractivity contribution is -0.143. The first-order valence-corrected chi connectivity index (χ1v) is 7.23. The molecule has 2 heterocycles. The summed E-state index contributed by atoms with van der Waals surface area (Å²) in [7, 11) is 0. The molecule has 0 spiro atoms. The number of benzene rings is 1. The van der Waals surface area contributed by atoms with Crippen LogP contribution in [0.1, 0.15) is 23.3 Å². The molecular weight excluding hydrogens is 292 g/mol. The number of hydrogen-bond donors (Lipinski definition) is 2. The molecule has 1 atom stereocenters. The van der Waals surface area contributed by atoms with Gasteiger partial charge in [-0.25, -0.2) is 0 Å². The van der Waals surface area contributed by atoms with Crippen LogP contribution in [0, 0.1) is 5.92 Å². The number of likely N-dealkylation sites (tertiary alicyclic amines) is 1. The number of carbonyl (C=O) groups excluding carboxylic acids is 1. The van der Waals surface area contributed by atoms with Crippen LogP contribution in [-0.2, 0) is 4.79 Å². The first kappa shape index (κ1) is 13.9. The topological polar surface area (TPSA) is 73.4 Å². The van der Waals surface area contributed by atoms with Gasteiger partial charge >= 0.3 is 5.97 Å². The molecule has 2 aromatic rings. The number of hydrogen-bond acceptors (Lipinski definition) is 2. The second kappa shape index (κ2) is 5.41. The van der Waals surface area contributed by atoms with Gasteiger partial charge in [-0.3, -0.25) is 9.59 Å². The molecule has 0 saturated carbocycles. The first-order chi connectivity index (χ1) is 10.0. The van der Waals surface area contributed by atoms with Gasteiger partial charge in [-0.15, -0.1) is 0 Å². The fourth-order valence-corrected chi connectivity index (χ4v) is 2.92. The standard InChI is InChI=1S/C15H15ClN2O3/c16-11-4-3-9-6-13(17-12(9)7-11)14(19)18-5-1-2-10(8-18)15(20)21/h3-4,6-7,10,17H,1-2,5,8H2,(H,20,21)/t10-/m0/s1. The summed E-state index contributed by atoms with van der Waals surface area (Å²) in [5.41, 5.74) is 1.27. The lowest BCUT2D eigenvalue weighted by Crippen LogP contribution is -2.42. The Morgan fingerprint density at radius 1 is 1.33 bits per heavy atom. The minimum absolute atomic E-state index is 0.159. The predicted molar refractivity (Wildman–Crippen MR) is 79.6 cm³/mol. The summed E-state index contributed by atoms with van der Waals surface area (Å²) in [6.45, 7) is 0.864. The predicted octanol–water partition coefficient (Wildman–Crippen LogP) is 2.76. The van der Waals surface area contributed by atoms with Crippen molar-refractivity contribution in [2.45, 2.75) is 12.8 Å². The zero-order valence-corrected chi connectivity index (χ0v) is 12.1. The van der Waals surface area contributed by atoms with Crippen LogP contribution in [0.25, 0.3) is 10.9 Å². The summed E-state index contributed by atoms with van der Waals surface area (Å²) in [4.78, 5) is 28.2. The SMILES string of the molecule is O=C(O)[C@H]1CCCN(C(=O)c2cc3ccc(Cl)cc3[nH]2)C1. The van der Waals surface area contributed by atoms with Crippen LogP contribution in [0.15, 0.2) is 24.3 Å². The number of fused-ring (bicyclic) bond motifs is 1. The van der Waals surface area contributed by atoms with E-state index >= 15 is 0 Å². The molecule has 1 aliphatic rings. The Labute approximate surface area is 126 Å². The number of aromatic amines is 1. The number of nitrogens with zero attached hydrogens (tertiary/aromatic N) is 1. The average Bonchev–Trinajstić information content (AvgIpc) is 2.89. The molecule has 1 fully saturated rings. The third-order valence-electron chi connectivity index (χ3n) is 3.87. The summed E-state index contributed by atoms with van der Waals surface area (Å²) in [5, 5.41) is 10.6. The molecule has 2 N–H and O–H groups in total. The zero-order chi connectivity index (χ0) is 15.0. The molecule has 6 heteroatoms. The van der Waals surface area contributed by atoms with Gasteiger partial charge in [0, 0.05) is 29.0 Å². The number of aliphatic carboxylic acids is 1. The maximum absolute atomic E-state index is 12.5. The second-order valence-corrected chi connectivity index (χ2v) is 5.78. The molecular formula is C15H15ClN2O3. The van der Waals surface area contributed by atoms with E-state index in [1.54, 1.807) is 23.1 Å². The third kappa shape index (κ3) is 2.74. The Hall–Kier alpha value is -2.01. The van der Waals surface area contributed by atoms with E-state index in [9.17, 15) is 9.59 Å². The molecule has 0 radical (unpaired) electrons. The zero-order valence-electron chi connectivity index (χ0n) is 11.3. The lowest BCUT2D eigenvalue weighted by atomic mass is 9.98. The Balaban J connectivity index is 1.84. The lowest BCUT2D eigenvalue weighted by Gasteiger charge is -2.30. The molecule has 3 rings (SSSR count). The second-order valence-electron chi connectivity index (χ2n) is 5.34. The largest absolute Gasteiger partial charge is 0.481 e. The van der Waals surface area contributed by atoms with Crippen LogP contribution in [0.5, 0.6) is 0 Å². The van der Waals surface area contributed by atoms with E-state index in [0.29, 0.717) is 23.7 Å². The third-order valence-corrected chi connectivity index (χ3v) is 4.11. The monoisotopic (exact) mass is 306 g/mol. The number of H-pyrrole nitrogens is 1. The van der Waals surface area contributed by atoms with Crippen molar-refractivity contribution in [1.29, 1.82) is 0 Å². The highest BCUT2D eigenvalue weighted by Gasteiger charge is 2.29. The molecule has 5 nitrogen and oxygen atoms in total. The van der Waals surface area contributed by atoms with Crippen molar-refractivity contribution in [1.82, 2.24) is 9.88 Å². The molecule has 0 unspecified atom stereocenters. The van der Waals surface area contributed by atoms with E-state index in [2.05, 4.69) is 4.98 Å². The van der Waals surface area contributed by atoms with Crippen LogP contribution in [0.3, 0.4) is 0 Å². The van der Waals surface area contributed by atoms with Crippen LogP contribution < -0.4 is 0 Å². The molecule has 1 saturated heterocycles. The highest BCUT2D eigenvalue weighted by atomic mass is 35.5. The van der Waals surface area contributed by atoms with Crippen molar-refractivity contribution in [3.63, 3.8) is 0 Å². The molecule has 110 valence electrons. The van der Waals surface area contributed by atoms with Crippen molar-refractivity contribution in [2.24, 2.45) is 5.92 Å². The van der Waals surface area contributed by atoms with Gasteiger partial charge in [0.15, 0.2) is 0 Å². The van der Waals surface area contributed by atoms with E-state index in [0.717, 1.165) is 17.3 Å². The molecule has 1 aromatic heterocycles. The maximum atomic E-state index is 12.5. The number of halogens is 1. The molecule has 1 aromatic carbocycles. The number of carboxylic acids is 1. The number of rotatable bonds is 2. The Kier molecular flexibility index (Phi) is 3.59. The fourth-order valence-electron chi connectivity index (χ4n) is 2.75. The normalized spacial score (nSPS) is 18.9. The van der Waals surface area contributed by atoms with Crippen LogP contribution >= 0.6 is 11.6 Å². The summed E-state index contributed by atoms with van der Waals surface area (Å²) in [6, 6.07) is 7.16. The van der Waals surface area contributed by atoms with Crippen LogP contribution in [0.4, 0.5) is 0 Å². The minimum Gasteiger partial charge on any atom is -0.481 e. The van der Waals surface area contributed by atoms with Gasteiger partial charge in [-0.2, -0.15) is 0 Å². The summed E-state index contributed by atoms with van der Waals surface area (Å²) in [6.07, 6.45) is 1.34. The van der Waals surface area contributed by atoms with Crippen LogP contribution in [-0.4, -0.2) is 40.0 Å². The maximum Gasteiger partial charge on any atom is 0.308 e. The van der Waals surface area contributed by atoms with E-state index in [4.69, 9.17) is 16.7 Å². The van der Waals surface area contributed by atoms with Gasteiger partial charge in [0.1, 0.15) is 5.69 Å². The van der Waals surface area contributed by atoms with E-state index in [-0.39, 0.29) is 12.5 Å². The fraction of sp³-hybridized carbons (Fsp3) is 0.333. The average molecular weight is 307 g/mol. The van der Waals surface area contributed by atoms with Gasteiger partial charge in [-0.05, 0) is 31.0 Å². The number of carboxylic acid groups (broad SMARTS) is 1. The van der Waals surface area contributed by atoms with Crippen molar-refractivity contribution in [3.8, 4) is 0 Å². The van der Waals surface area contributed by atoms with Gasteiger partial charge in [0.2, 0.25) is 0 Å². The first-order valence-electron chi connectivity index (χ1n) is 6.85. The summed E-state index contributed by atoms with van der Waals surface area (Å²) >= 11 is 5.93. The quantitative estimate of drug-likeness (QED) is 0.896. The Morgan fingerprint density at radius 3 is 2.90 bits per heavy atom. The number of carbonyl (C=O) groups is 2. The van der Waals surface area contributed by atoms with Gasteiger partial charge in [-0.1, -0.05) is 17.7 Å². The Morgan fingerprint density at radius 2 is 2.14 bits per heavy atom. The number of piperidine rings is 1. The molecule has 1 amide bonds. The van der Waals surface area contributed by atoms with E-state index in [1.807, 2.05) is 6.07 Å².